The van der Waals surface area contributed by atoms with Gasteiger partial charge in [0.05, 0.1) is 6.07 Å². The van der Waals surface area contributed by atoms with Crippen LogP contribution in [0.5, 0.6) is 0 Å². The summed E-state index contributed by atoms with van der Waals surface area (Å²) in [4.78, 5) is 6.07. The van der Waals surface area contributed by atoms with Crippen molar-refractivity contribution in [1.82, 2.24) is 0 Å². The summed E-state index contributed by atoms with van der Waals surface area (Å²) in [6.07, 6.45) is 3.08. The van der Waals surface area contributed by atoms with Crippen LogP contribution in [0.4, 0.5) is 14.5 Å². The zero-order valence-corrected chi connectivity index (χ0v) is 12.4. The van der Waals surface area contributed by atoms with Crippen LogP contribution >= 0.6 is 0 Å². The van der Waals surface area contributed by atoms with Crippen molar-refractivity contribution in [3.63, 3.8) is 0 Å². The second-order valence-electron chi connectivity index (χ2n) is 5.73. The van der Waals surface area contributed by atoms with Crippen molar-refractivity contribution >= 4 is 17.5 Å². The number of allylic oxidation sites excluding steroid dienone is 1. The van der Waals surface area contributed by atoms with Gasteiger partial charge in [-0.15, -0.1) is 0 Å². The van der Waals surface area contributed by atoms with Crippen molar-refractivity contribution in [1.29, 1.82) is 5.26 Å². The minimum Gasteiger partial charge on any atom is -0.374 e. The van der Waals surface area contributed by atoms with Crippen LogP contribution in [0.1, 0.15) is 36.0 Å². The van der Waals surface area contributed by atoms with E-state index in [-0.39, 0.29) is 5.56 Å². The number of rotatable bonds is 2. The Bertz CT molecular complexity index is 686. The molecule has 0 spiro atoms. The third-order valence-corrected chi connectivity index (χ3v) is 4.29. The molecule has 1 aromatic rings. The molecule has 0 bridgehead atoms. The van der Waals surface area contributed by atoms with E-state index in [1.807, 2.05) is 18.0 Å². The first kappa shape index (κ1) is 14.7. The molecule has 1 aromatic carbocycles. The molecule has 2 heterocycles. The number of aliphatic imine (C=N–C) groups is 1. The molecule has 22 heavy (non-hydrogen) atoms. The van der Waals surface area contributed by atoms with Gasteiger partial charge in [-0.3, -0.25) is 4.99 Å². The number of halogens is 2. The Morgan fingerprint density at radius 3 is 2.95 bits per heavy atom. The summed E-state index contributed by atoms with van der Waals surface area (Å²) in [5.41, 5.74) is 3.38. The number of aryl methyl sites for hydroxylation is 1. The summed E-state index contributed by atoms with van der Waals surface area (Å²) < 4.78 is 27.0. The lowest BCUT2D eigenvalue weighted by atomic mass is 9.89. The van der Waals surface area contributed by atoms with E-state index >= 15 is 0 Å². The van der Waals surface area contributed by atoms with E-state index in [0.717, 1.165) is 36.2 Å². The first-order valence-electron chi connectivity index (χ1n) is 7.38. The van der Waals surface area contributed by atoms with E-state index in [0.29, 0.717) is 12.0 Å². The highest BCUT2D eigenvalue weighted by Gasteiger charge is 2.24. The molecule has 0 saturated heterocycles. The average Bonchev–Trinajstić information content (AvgIpc) is 2.54. The normalized spacial score (nSPS) is 20.6. The molecule has 0 N–H and O–H groups in total. The van der Waals surface area contributed by atoms with Crippen LogP contribution in [0, 0.1) is 11.3 Å². The molecule has 114 valence electrons. The van der Waals surface area contributed by atoms with Gasteiger partial charge in [-0.2, -0.15) is 5.26 Å². The van der Waals surface area contributed by atoms with E-state index in [2.05, 4.69) is 11.1 Å². The molecule has 2 aliphatic rings. The van der Waals surface area contributed by atoms with Gasteiger partial charge in [-0.25, -0.2) is 8.78 Å². The molecule has 2 aliphatic heterocycles. The molecular weight excluding hydrogens is 284 g/mol. The predicted molar refractivity (Wildman–Crippen MR) is 83.5 cm³/mol. The van der Waals surface area contributed by atoms with Crippen LogP contribution in [0.2, 0.25) is 0 Å². The van der Waals surface area contributed by atoms with Gasteiger partial charge in [0.2, 0.25) is 0 Å². The maximum absolute atomic E-state index is 13.5. The van der Waals surface area contributed by atoms with Gasteiger partial charge in [0.15, 0.2) is 0 Å². The zero-order valence-electron chi connectivity index (χ0n) is 12.4. The zero-order chi connectivity index (χ0) is 15.7. The van der Waals surface area contributed by atoms with E-state index < -0.39 is 12.5 Å². The monoisotopic (exact) mass is 301 g/mol. The van der Waals surface area contributed by atoms with Gasteiger partial charge in [0.1, 0.15) is 6.04 Å². The molecular formula is C17H17F2N3. The largest absolute Gasteiger partial charge is 0.374 e. The van der Waals surface area contributed by atoms with E-state index in [1.54, 1.807) is 18.4 Å². The summed E-state index contributed by atoms with van der Waals surface area (Å²) >= 11 is 0. The molecule has 5 heteroatoms. The fourth-order valence-electron chi connectivity index (χ4n) is 3.14. The summed E-state index contributed by atoms with van der Waals surface area (Å²) in [6, 6.07) is 5.10. The fourth-order valence-corrected chi connectivity index (χ4v) is 3.14. The first-order chi connectivity index (χ1) is 10.6. The van der Waals surface area contributed by atoms with Crippen LogP contribution in [0.15, 0.2) is 23.2 Å². The van der Waals surface area contributed by atoms with Crippen molar-refractivity contribution in [2.24, 2.45) is 4.99 Å². The summed E-state index contributed by atoms with van der Waals surface area (Å²) in [5, 5.41) is 9.02. The highest BCUT2D eigenvalue weighted by atomic mass is 19.3. The molecule has 0 fully saturated rings. The van der Waals surface area contributed by atoms with E-state index in [9.17, 15) is 8.78 Å². The third kappa shape index (κ3) is 2.61. The Hall–Kier alpha value is -2.22. The lowest BCUT2D eigenvalue weighted by molar-refractivity contribution is 0.151. The maximum atomic E-state index is 13.5. The van der Waals surface area contributed by atoms with Crippen LogP contribution in [0.25, 0.3) is 5.57 Å². The number of benzene rings is 1. The minimum atomic E-state index is -2.53. The first-order valence-corrected chi connectivity index (χ1v) is 7.38. The number of hydrogen-bond acceptors (Lipinski definition) is 3. The van der Waals surface area contributed by atoms with Crippen molar-refractivity contribution in [2.75, 3.05) is 18.5 Å². The lowest BCUT2D eigenvalue weighted by Crippen LogP contribution is -2.25. The van der Waals surface area contributed by atoms with Crippen molar-refractivity contribution < 1.29 is 8.78 Å². The molecule has 3 nitrogen and oxygen atoms in total. The molecule has 1 atom stereocenters. The highest BCUT2D eigenvalue weighted by Crippen LogP contribution is 2.38. The number of hydrogen-bond donors (Lipinski definition) is 0. The van der Waals surface area contributed by atoms with Gasteiger partial charge >= 0.3 is 0 Å². The number of nitrogens with zero attached hydrogens (tertiary/aromatic N) is 3. The van der Waals surface area contributed by atoms with Crippen molar-refractivity contribution in [2.45, 2.75) is 31.7 Å². The number of fused-ring (bicyclic) bond motifs is 1. The van der Waals surface area contributed by atoms with Gasteiger partial charge in [-0.1, -0.05) is 0 Å². The number of anilines is 1. The summed E-state index contributed by atoms with van der Waals surface area (Å²) in [5.74, 6) is 0. The molecule has 0 radical (unpaired) electrons. The topological polar surface area (TPSA) is 39.4 Å². The molecule has 0 saturated carbocycles. The molecule has 0 amide bonds. The van der Waals surface area contributed by atoms with E-state index in [4.69, 9.17) is 5.26 Å². The van der Waals surface area contributed by atoms with Gasteiger partial charge in [-0.05, 0) is 47.8 Å². The molecule has 3 rings (SSSR count). The number of dihydropyridines is 1. The Balaban J connectivity index is 2.09. The quantitative estimate of drug-likeness (QED) is 0.834. The Kier molecular flexibility index (Phi) is 3.93. The fraction of sp³-hybridized carbons (Fsp3) is 0.412. The average molecular weight is 301 g/mol. The van der Waals surface area contributed by atoms with Crippen LogP contribution in [-0.2, 0) is 6.42 Å². The van der Waals surface area contributed by atoms with Crippen molar-refractivity contribution in [3.05, 3.63) is 34.9 Å². The van der Waals surface area contributed by atoms with E-state index in [1.165, 1.54) is 0 Å². The molecule has 1 unspecified atom stereocenters. The second kappa shape index (κ2) is 5.88. The van der Waals surface area contributed by atoms with Crippen LogP contribution < -0.4 is 4.90 Å². The summed E-state index contributed by atoms with van der Waals surface area (Å²) in [6.45, 7) is 0.890. The smallest absolute Gasteiger partial charge is 0.264 e. The van der Waals surface area contributed by atoms with Gasteiger partial charge < -0.3 is 4.90 Å². The molecule has 0 aromatic heterocycles. The van der Waals surface area contributed by atoms with Crippen LogP contribution in [-0.4, -0.2) is 25.8 Å². The standard InChI is InChI=1S/C17H17F2N3/c1-22-6-2-3-12-8-14(15(17(18)19)9-16(12)22)11-4-5-21-13(7-11)10-20/h4-5,8-9,13,17H,2-3,6-7H2,1H3. The maximum Gasteiger partial charge on any atom is 0.264 e. The third-order valence-electron chi connectivity index (χ3n) is 4.29. The predicted octanol–water partition coefficient (Wildman–Crippen LogP) is 3.76. The summed E-state index contributed by atoms with van der Waals surface area (Å²) in [7, 11) is 1.94. The Labute approximate surface area is 128 Å². The van der Waals surface area contributed by atoms with Gasteiger partial charge in [0, 0.05) is 37.5 Å². The molecule has 0 aliphatic carbocycles. The van der Waals surface area contributed by atoms with Crippen LogP contribution in [0.3, 0.4) is 0 Å². The Morgan fingerprint density at radius 2 is 2.23 bits per heavy atom. The number of nitriles is 1. The second-order valence-corrected chi connectivity index (χ2v) is 5.73. The Morgan fingerprint density at radius 1 is 1.41 bits per heavy atom. The van der Waals surface area contributed by atoms with Crippen molar-refractivity contribution in [3.8, 4) is 6.07 Å². The number of alkyl halides is 2. The van der Waals surface area contributed by atoms with Gasteiger partial charge in [0.25, 0.3) is 6.43 Å². The SMILES string of the molecule is CN1CCCc2cc(C3=CC=NC(C#N)C3)c(C(F)F)cc21. The minimum absolute atomic E-state index is 0.0470. The lowest BCUT2D eigenvalue weighted by Gasteiger charge is -2.29. The highest BCUT2D eigenvalue weighted by molar-refractivity contribution is 5.88.